The molecule has 10 nitrogen and oxygen atoms in total. The monoisotopic (exact) mass is 561 g/mol. The highest BCUT2D eigenvalue weighted by Gasteiger charge is 2.53. The lowest BCUT2D eigenvalue weighted by Crippen LogP contribution is -2.55. The van der Waals surface area contributed by atoms with Gasteiger partial charge in [0.05, 0.1) is 52.1 Å². The third-order valence-electron chi connectivity index (χ3n) is 8.75. The maximum absolute atomic E-state index is 14.4. The van der Waals surface area contributed by atoms with Crippen molar-refractivity contribution in [2.45, 2.75) is 69.7 Å². The molecule has 3 aromatic rings. The van der Waals surface area contributed by atoms with Gasteiger partial charge in [0.2, 0.25) is 5.91 Å². The summed E-state index contributed by atoms with van der Waals surface area (Å²) in [6.45, 7) is 2.36. The maximum Gasteiger partial charge on any atom is 0.255 e. The zero-order valence-corrected chi connectivity index (χ0v) is 23.9. The van der Waals surface area contributed by atoms with Gasteiger partial charge in [0.25, 0.3) is 5.91 Å². The van der Waals surface area contributed by atoms with Crippen LogP contribution in [0.5, 0.6) is 0 Å². The van der Waals surface area contributed by atoms with Crippen molar-refractivity contribution in [3.8, 4) is 17.5 Å². The van der Waals surface area contributed by atoms with Gasteiger partial charge in [-0.1, -0.05) is 0 Å². The molecule has 2 amide bonds. The number of hydrogen-bond acceptors (Lipinski definition) is 7. The first-order chi connectivity index (χ1) is 19.4. The van der Waals surface area contributed by atoms with E-state index in [9.17, 15) is 24.3 Å². The number of nitriles is 1. The highest BCUT2D eigenvalue weighted by molar-refractivity contribution is 6.00. The number of carbonyl (C=O) groups is 2. The fraction of sp³-hybridized carbons (Fsp3) is 0.500. The summed E-state index contributed by atoms with van der Waals surface area (Å²) in [7, 11) is 3.60. The standard InChI is InChI=1S/C30H36FN7O3/c1-28(2,41)25(31)18-34-26(39)21-17-33-23(24-6-5-20-13-19(15-32)16-35-38(20)24)14-22(21)36-30-10-7-29(8-11-30,9-12-30)27(40)37(3)4/h5-6,13-14,16-17,25,41H,7-12,18H2,1-4H3,(H,33,36)(H,34,39). The van der Waals surface area contributed by atoms with E-state index in [1.54, 1.807) is 35.6 Å². The second-order valence-corrected chi connectivity index (χ2v) is 12.2. The Morgan fingerprint density at radius 1 is 1.17 bits per heavy atom. The number of nitrogens with one attached hydrogen (secondary N) is 2. The maximum atomic E-state index is 14.4. The molecule has 11 heteroatoms. The van der Waals surface area contributed by atoms with Crippen LogP contribution in [0.2, 0.25) is 0 Å². The molecule has 1 unspecified atom stereocenters. The van der Waals surface area contributed by atoms with Crippen LogP contribution >= 0.6 is 0 Å². The first-order valence-corrected chi connectivity index (χ1v) is 13.9. The second-order valence-electron chi connectivity index (χ2n) is 12.2. The average Bonchev–Trinajstić information content (AvgIpc) is 3.38. The first kappa shape index (κ1) is 28.5. The molecule has 41 heavy (non-hydrogen) atoms. The van der Waals surface area contributed by atoms with E-state index in [1.165, 1.54) is 26.2 Å². The topological polar surface area (TPSA) is 136 Å². The van der Waals surface area contributed by atoms with E-state index in [0.29, 0.717) is 22.6 Å². The summed E-state index contributed by atoms with van der Waals surface area (Å²) < 4.78 is 16.1. The number of hydrogen-bond donors (Lipinski definition) is 3. The van der Waals surface area contributed by atoms with Gasteiger partial charge >= 0.3 is 0 Å². The van der Waals surface area contributed by atoms with Crippen molar-refractivity contribution in [3.63, 3.8) is 0 Å². The molecule has 3 heterocycles. The smallest absolute Gasteiger partial charge is 0.255 e. The Kier molecular flexibility index (Phi) is 7.24. The van der Waals surface area contributed by atoms with Gasteiger partial charge in [0.15, 0.2) is 0 Å². The summed E-state index contributed by atoms with van der Waals surface area (Å²) in [4.78, 5) is 32.5. The lowest BCUT2D eigenvalue weighted by Gasteiger charge is -2.53. The summed E-state index contributed by atoms with van der Waals surface area (Å²) >= 11 is 0. The SMILES string of the molecule is CN(C)C(=O)C12CCC(Nc3cc(-c4ccc5cc(C#N)cnn45)ncc3C(=O)NCC(F)C(C)(C)O)(CC1)CC2. The fourth-order valence-corrected chi connectivity index (χ4v) is 6.12. The van der Waals surface area contributed by atoms with Crippen LogP contribution in [-0.2, 0) is 4.79 Å². The molecule has 0 spiro atoms. The molecule has 3 saturated carbocycles. The molecular weight excluding hydrogens is 525 g/mol. The Balaban J connectivity index is 1.47. The summed E-state index contributed by atoms with van der Waals surface area (Å²) in [5.74, 6) is -0.327. The molecule has 0 saturated heterocycles. The van der Waals surface area contributed by atoms with Crippen LogP contribution in [-0.4, -0.2) is 74.4 Å². The number of anilines is 1. The quantitative estimate of drug-likeness (QED) is 0.382. The van der Waals surface area contributed by atoms with Crippen LogP contribution in [0.3, 0.4) is 0 Å². The van der Waals surface area contributed by atoms with Gasteiger partial charge in [-0.25, -0.2) is 8.91 Å². The minimum Gasteiger partial charge on any atom is -0.387 e. The zero-order chi connectivity index (χ0) is 29.6. The highest BCUT2D eigenvalue weighted by Crippen LogP contribution is 2.54. The zero-order valence-electron chi connectivity index (χ0n) is 23.9. The van der Waals surface area contributed by atoms with Gasteiger partial charge < -0.3 is 20.6 Å². The van der Waals surface area contributed by atoms with Crippen LogP contribution in [0, 0.1) is 16.7 Å². The number of aliphatic hydroxyl groups is 1. The van der Waals surface area contributed by atoms with Crippen molar-refractivity contribution in [2.24, 2.45) is 5.41 Å². The molecule has 6 rings (SSSR count). The van der Waals surface area contributed by atoms with Gasteiger partial charge in [0.1, 0.15) is 12.2 Å². The fourth-order valence-electron chi connectivity index (χ4n) is 6.12. The number of pyridine rings is 1. The van der Waals surface area contributed by atoms with Gasteiger partial charge in [0, 0.05) is 31.2 Å². The van der Waals surface area contributed by atoms with Gasteiger partial charge in [-0.3, -0.25) is 14.6 Å². The van der Waals surface area contributed by atoms with Crippen molar-refractivity contribution in [3.05, 3.63) is 47.8 Å². The number of aromatic nitrogens is 3. The Hall–Kier alpha value is -4.04. The first-order valence-electron chi connectivity index (χ1n) is 13.9. The number of alkyl halides is 1. The third kappa shape index (κ3) is 5.36. The normalized spacial score (nSPS) is 22.7. The number of rotatable bonds is 8. The third-order valence-corrected chi connectivity index (χ3v) is 8.75. The van der Waals surface area contributed by atoms with E-state index in [4.69, 9.17) is 0 Å². The van der Waals surface area contributed by atoms with Gasteiger partial charge in [-0.2, -0.15) is 10.4 Å². The molecule has 0 aliphatic heterocycles. The molecule has 3 aliphatic carbocycles. The van der Waals surface area contributed by atoms with Gasteiger partial charge in [-0.15, -0.1) is 0 Å². The lowest BCUT2D eigenvalue weighted by molar-refractivity contribution is -0.145. The van der Waals surface area contributed by atoms with E-state index in [1.807, 2.05) is 12.1 Å². The van der Waals surface area contributed by atoms with Crippen molar-refractivity contribution in [1.82, 2.24) is 24.8 Å². The average molecular weight is 562 g/mol. The number of fused-ring (bicyclic) bond motifs is 4. The summed E-state index contributed by atoms with van der Waals surface area (Å²) in [6.07, 6.45) is 5.94. The minimum absolute atomic E-state index is 0.178. The van der Waals surface area contributed by atoms with Crippen molar-refractivity contribution in [1.29, 1.82) is 5.26 Å². The van der Waals surface area contributed by atoms with Crippen LogP contribution in [0.25, 0.3) is 16.9 Å². The van der Waals surface area contributed by atoms with E-state index in [0.717, 1.165) is 44.0 Å². The molecule has 1 atom stereocenters. The molecule has 216 valence electrons. The number of halogens is 1. The molecule has 0 radical (unpaired) electrons. The molecule has 3 fully saturated rings. The number of nitrogens with zero attached hydrogens (tertiary/aromatic N) is 5. The van der Waals surface area contributed by atoms with Crippen LogP contribution in [0.1, 0.15) is 68.3 Å². The van der Waals surface area contributed by atoms with E-state index in [2.05, 4.69) is 26.8 Å². The molecule has 3 aromatic heterocycles. The molecular formula is C30H36FN7O3. The van der Waals surface area contributed by atoms with Crippen molar-refractivity contribution >= 4 is 23.0 Å². The van der Waals surface area contributed by atoms with E-state index in [-0.39, 0.29) is 29.0 Å². The highest BCUT2D eigenvalue weighted by atomic mass is 19.1. The predicted octanol–water partition coefficient (Wildman–Crippen LogP) is 3.70. The Labute approximate surface area is 238 Å². The summed E-state index contributed by atoms with van der Waals surface area (Å²) in [6, 6.07) is 9.33. The minimum atomic E-state index is -1.65. The largest absolute Gasteiger partial charge is 0.387 e. The van der Waals surface area contributed by atoms with Crippen molar-refractivity contribution < 1.29 is 19.1 Å². The van der Waals surface area contributed by atoms with Crippen LogP contribution < -0.4 is 10.6 Å². The molecule has 2 bridgehead atoms. The van der Waals surface area contributed by atoms with Gasteiger partial charge in [-0.05, 0) is 76.6 Å². The lowest BCUT2D eigenvalue weighted by atomic mass is 9.56. The summed E-state index contributed by atoms with van der Waals surface area (Å²) in [5, 5.41) is 29.8. The van der Waals surface area contributed by atoms with Crippen molar-refractivity contribution in [2.75, 3.05) is 26.0 Å². The molecule has 3 N–H and O–H groups in total. The Morgan fingerprint density at radius 2 is 1.85 bits per heavy atom. The molecule has 3 aliphatic rings. The van der Waals surface area contributed by atoms with E-state index >= 15 is 0 Å². The Morgan fingerprint density at radius 3 is 2.46 bits per heavy atom. The number of carbonyl (C=O) groups excluding carboxylic acids is 2. The molecule has 0 aromatic carbocycles. The second kappa shape index (κ2) is 10.4. The summed E-state index contributed by atoms with van der Waals surface area (Å²) in [5.41, 5.74) is 1.04. The van der Waals surface area contributed by atoms with Crippen LogP contribution in [0.4, 0.5) is 10.1 Å². The Bertz CT molecular complexity index is 1510. The predicted molar refractivity (Wildman–Crippen MR) is 152 cm³/mol. The van der Waals surface area contributed by atoms with Crippen LogP contribution in [0.15, 0.2) is 36.7 Å². The number of amides is 2. The van der Waals surface area contributed by atoms with E-state index < -0.39 is 17.7 Å².